The topological polar surface area (TPSA) is 97.4 Å². The summed E-state index contributed by atoms with van der Waals surface area (Å²) in [4.78, 5) is 24.7. The van der Waals surface area contributed by atoms with Crippen molar-refractivity contribution in [1.82, 2.24) is 5.27 Å². The highest BCUT2D eigenvalue weighted by Gasteiger charge is 2.29. The summed E-state index contributed by atoms with van der Waals surface area (Å²) in [6.45, 7) is 4.20. The van der Waals surface area contributed by atoms with Gasteiger partial charge in [-0.1, -0.05) is 0 Å². The molecule has 29 heavy (non-hydrogen) atoms. The fourth-order valence-electron chi connectivity index (χ4n) is 2.53. The van der Waals surface area contributed by atoms with Crippen molar-refractivity contribution < 1.29 is 23.5 Å². The van der Waals surface area contributed by atoms with Crippen molar-refractivity contribution in [1.29, 1.82) is 0 Å². The molecule has 9 heteroatoms. The third kappa shape index (κ3) is 5.00. The summed E-state index contributed by atoms with van der Waals surface area (Å²) >= 11 is 1.10. The number of hydrogen-bond donors (Lipinski definition) is 2. The number of methoxy groups -OCH3 is 1. The van der Waals surface area contributed by atoms with Gasteiger partial charge in [-0.15, -0.1) is 0 Å². The number of aromatic amines is 1. The van der Waals surface area contributed by atoms with E-state index in [1.807, 2.05) is 6.92 Å². The van der Waals surface area contributed by atoms with Gasteiger partial charge in [0.1, 0.15) is 11.5 Å². The second-order valence-electron chi connectivity index (χ2n) is 6.03. The van der Waals surface area contributed by atoms with Crippen LogP contribution in [-0.2, 0) is 4.79 Å². The van der Waals surface area contributed by atoms with Crippen molar-refractivity contribution in [2.75, 3.05) is 19.0 Å². The molecule has 1 aromatic heterocycles. The van der Waals surface area contributed by atoms with Crippen molar-refractivity contribution in [3.05, 3.63) is 59.0 Å². The van der Waals surface area contributed by atoms with E-state index >= 15 is 0 Å². The predicted molar refractivity (Wildman–Crippen MR) is 109 cm³/mol. The molecule has 0 saturated carbocycles. The maximum absolute atomic E-state index is 12.6. The number of H-pyrrole nitrogens is 1. The number of nitrogens with zero attached hydrogens (tertiary/aromatic N) is 1. The Morgan fingerprint density at radius 2 is 1.83 bits per heavy atom. The highest BCUT2D eigenvalue weighted by Crippen LogP contribution is 2.21. The van der Waals surface area contributed by atoms with Crippen LogP contribution >= 0.6 is 11.8 Å². The third-order valence-electron chi connectivity index (χ3n) is 4.03. The predicted octanol–water partition coefficient (Wildman–Crippen LogP) is 2.77. The Morgan fingerprint density at radius 1 is 1.17 bits per heavy atom. The molecule has 0 aliphatic rings. The summed E-state index contributed by atoms with van der Waals surface area (Å²) in [5.41, 5.74) is 0.778. The number of benzene rings is 2. The second-order valence-corrected chi connectivity index (χ2v) is 7.36. The van der Waals surface area contributed by atoms with Gasteiger partial charge in [0.2, 0.25) is 11.6 Å². The molecule has 1 unspecified atom stereocenters. The zero-order chi connectivity index (χ0) is 20.8. The van der Waals surface area contributed by atoms with Gasteiger partial charge in [-0.3, -0.25) is 9.32 Å². The molecule has 1 atom stereocenters. The number of ether oxygens (including phenoxy) is 2. The molecule has 8 nitrogen and oxygen atoms in total. The molecule has 3 rings (SSSR count). The number of hydrogen-bond acceptors (Lipinski definition) is 6. The molecule has 0 radical (unpaired) electrons. The van der Waals surface area contributed by atoms with Crippen LogP contribution < -0.4 is 25.1 Å². The average Bonchev–Trinajstić information content (AvgIpc) is 3.10. The number of amides is 1. The molecule has 0 saturated heterocycles. The summed E-state index contributed by atoms with van der Waals surface area (Å²) in [6.07, 6.45) is 0. The van der Waals surface area contributed by atoms with Crippen LogP contribution in [0.3, 0.4) is 0 Å². The zero-order valence-corrected chi connectivity index (χ0v) is 17.1. The van der Waals surface area contributed by atoms with Gasteiger partial charge in [-0.05, 0) is 72.0 Å². The summed E-state index contributed by atoms with van der Waals surface area (Å²) in [7, 11) is 1.58. The van der Waals surface area contributed by atoms with Crippen LogP contribution in [-0.4, -0.2) is 30.1 Å². The lowest BCUT2D eigenvalue weighted by Gasteiger charge is -2.10. The quantitative estimate of drug-likeness (QED) is 0.433. The van der Waals surface area contributed by atoms with Crippen molar-refractivity contribution in [2.24, 2.45) is 0 Å². The Kier molecular flexibility index (Phi) is 6.61. The molecule has 2 N–H and O–H groups in total. The van der Waals surface area contributed by atoms with Gasteiger partial charge in [0.15, 0.2) is 0 Å². The Balaban J connectivity index is 1.71. The van der Waals surface area contributed by atoms with E-state index in [2.05, 4.69) is 10.6 Å². The van der Waals surface area contributed by atoms with E-state index < -0.39 is 10.9 Å². The van der Waals surface area contributed by atoms with E-state index in [9.17, 15) is 9.59 Å². The molecule has 3 aromatic rings. The van der Waals surface area contributed by atoms with E-state index in [0.29, 0.717) is 23.7 Å². The first-order valence-electron chi connectivity index (χ1n) is 9.00. The first-order chi connectivity index (χ1) is 14.0. The minimum atomic E-state index is -0.550. The summed E-state index contributed by atoms with van der Waals surface area (Å²) in [5, 5.41) is 5.13. The number of thioether (sulfide) groups is 1. The number of aromatic nitrogens is 2. The van der Waals surface area contributed by atoms with Crippen molar-refractivity contribution >= 4 is 23.4 Å². The highest BCUT2D eigenvalue weighted by atomic mass is 32.2. The van der Waals surface area contributed by atoms with Crippen LogP contribution in [0.1, 0.15) is 13.8 Å². The maximum Gasteiger partial charge on any atom is 0.442 e. The van der Waals surface area contributed by atoms with Crippen molar-refractivity contribution in [3.8, 4) is 17.2 Å². The lowest BCUT2D eigenvalue weighted by atomic mass is 10.3. The molecular weight excluding hydrogens is 394 g/mol. The minimum Gasteiger partial charge on any atom is -0.497 e. The Morgan fingerprint density at radius 3 is 2.45 bits per heavy atom. The van der Waals surface area contributed by atoms with E-state index in [1.54, 1.807) is 62.6 Å². The lowest BCUT2D eigenvalue weighted by Crippen LogP contribution is -2.37. The van der Waals surface area contributed by atoms with Gasteiger partial charge >= 0.3 is 10.7 Å². The number of rotatable bonds is 8. The van der Waals surface area contributed by atoms with Gasteiger partial charge in [-0.2, -0.15) is 0 Å². The summed E-state index contributed by atoms with van der Waals surface area (Å²) in [5.74, 6) is 1.19. The molecule has 1 amide bonds. The van der Waals surface area contributed by atoms with Crippen LogP contribution in [0.5, 0.6) is 11.5 Å². The molecule has 1 heterocycles. The number of anilines is 1. The average molecular weight is 416 g/mol. The number of nitrogens with one attached hydrogen (secondary N) is 2. The van der Waals surface area contributed by atoms with Gasteiger partial charge in [0.05, 0.1) is 19.0 Å². The highest BCUT2D eigenvalue weighted by molar-refractivity contribution is 8.00. The fraction of sp³-hybridized carbons (Fsp3) is 0.250. The van der Waals surface area contributed by atoms with Crippen LogP contribution in [0, 0.1) is 0 Å². The number of carbonyl (C=O) groups excluding carboxylic acids is 1. The van der Waals surface area contributed by atoms with Crippen LogP contribution in [0.2, 0.25) is 0 Å². The number of carbonyl (C=O) groups is 1. The maximum atomic E-state index is 12.6. The SMILES string of the molecule is CCOc1ccc(NC(=O)C(C)Sc2c(=O)o[nH][n+]2-c2ccc(OC)cc2)cc1. The summed E-state index contributed by atoms with van der Waals surface area (Å²) < 4.78 is 17.0. The molecule has 0 bridgehead atoms. The largest absolute Gasteiger partial charge is 0.497 e. The Labute approximate surface area is 171 Å². The third-order valence-corrected chi connectivity index (χ3v) is 5.17. The Hall–Kier alpha value is -3.20. The van der Waals surface area contributed by atoms with Crippen molar-refractivity contribution in [3.63, 3.8) is 0 Å². The van der Waals surface area contributed by atoms with Gasteiger partial charge in [-0.25, -0.2) is 4.79 Å². The molecule has 0 aliphatic carbocycles. The van der Waals surface area contributed by atoms with E-state index in [4.69, 9.17) is 14.0 Å². The smallest absolute Gasteiger partial charge is 0.442 e. The first-order valence-corrected chi connectivity index (χ1v) is 9.88. The molecule has 2 aromatic carbocycles. The molecule has 0 aliphatic heterocycles. The normalized spacial score (nSPS) is 11.7. The molecule has 0 fully saturated rings. The van der Waals surface area contributed by atoms with E-state index in [1.165, 1.54) is 4.68 Å². The molecule has 152 valence electrons. The van der Waals surface area contributed by atoms with E-state index in [0.717, 1.165) is 17.5 Å². The first kappa shape index (κ1) is 20.5. The lowest BCUT2D eigenvalue weighted by molar-refractivity contribution is -0.704. The van der Waals surface area contributed by atoms with Crippen LogP contribution in [0.4, 0.5) is 5.69 Å². The molecule has 0 spiro atoms. The van der Waals surface area contributed by atoms with E-state index in [-0.39, 0.29) is 10.9 Å². The fourth-order valence-corrected chi connectivity index (χ4v) is 3.42. The zero-order valence-electron chi connectivity index (χ0n) is 16.3. The molecular formula is C20H22N3O5S+. The van der Waals surface area contributed by atoms with Gasteiger partial charge < -0.3 is 14.8 Å². The van der Waals surface area contributed by atoms with Gasteiger partial charge in [0.25, 0.3) is 0 Å². The summed E-state index contributed by atoms with van der Waals surface area (Å²) in [6, 6.07) is 14.2. The Bertz CT molecular complexity index is 1010. The monoisotopic (exact) mass is 416 g/mol. The second kappa shape index (κ2) is 9.33. The van der Waals surface area contributed by atoms with Crippen LogP contribution in [0.25, 0.3) is 5.69 Å². The van der Waals surface area contributed by atoms with Crippen molar-refractivity contribution in [2.45, 2.75) is 24.1 Å². The minimum absolute atomic E-state index is 0.235. The van der Waals surface area contributed by atoms with Crippen LogP contribution in [0.15, 0.2) is 62.9 Å². The standard InChI is InChI=1S/C20H21N3O5S/c1-4-27-17-9-5-14(6-10-17)21-18(24)13(2)29-19-20(25)28-22-23(19)15-7-11-16(26-3)12-8-15/h5-13H,4H2,1-3H3,(H-,21,22,24,25)/p+1. The van der Waals surface area contributed by atoms with Gasteiger partial charge in [0, 0.05) is 17.8 Å².